The quantitative estimate of drug-likeness (QED) is 0.332. The molecule has 6 nitrogen and oxygen atoms in total. The molecule has 0 aliphatic carbocycles. The number of halogens is 4. The summed E-state index contributed by atoms with van der Waals surface area (Å²) in [6.45, 7) is -0.0262. The summed E-state index contributed by atoms with van der Waals surface area (Å²) in [5, 5.41) is 0. The van der Waals surface area contributed by atoms with E-state index in [9.17, 15) is 22.4 Å². The monoisotopic (exact) mass is 461 g/mol. The summed E-state index contributed by atoms with van der Waals surface area (Å²) >= 11 is 0. The minimum atomic E-state index is -4.52. The SMILES string of the molecule is O=C(NOC(CC(F)(F)F)[C@@H]1COc2cccc(-c3ccc(F)nc3)c2C1)c1cccnc1. The Hall–Kier alpha value is -3.53. The van der Waals surface area contributed by atoms with E-state index in [-0.39, 0.29) is 18.6 Å². The maximum absolute atomic E-state index is 13.3. The van der Waals surface area contributed by atoms with E-state index in [2.05, 4.69) is 15.4 Å². The van der Waals surface area contributed by atoms with E-state index >= 15 is 0 Å². The van der Waals surface area contributed by atoms with Crippen LogP contribution in [0.3, 0.4) is 0 Å². The van der Waals surface area contributed by atoms with E-state index in [0.717, 1.165) is 0 Å². The first-order valence-electron chi connectivity index (χ1n) is 10.1. The molecule has 0 spiro atoms. The molecule has 3 heterocycles. The predicted molar refractivity (Wildman–Crippen MR) is 110 cm³/mol. The molecule has 0 radical (unpaired) electrons. The molecular weight excluding hydrogens is 442 g/mol. The lowest BCUT2D eigenvalue weighted by molar-refractivity contribution is -0.178. The van der Waals surface area contributed by atoms with Gasteiger partial charge in [-0.15, -0.1) is 0 Å². The molecule has 0 saturated carbocycles. The lowest BCUT2D eigenvalue weighted by Crippen LogP contribution is -2.41. The van der Waals surface area contributed by atoms with Crippen molar-refractivity contribution in [3.8, 4) is 16.9 Å². The number of alkyl halides is 3. The minimum absolute atomic E-state index is 0.0262. The molecule has 33 heavy (non-hydrogen) atoms. The number of fused-ring (bicyclic) bond motifs is 1. The van der Waals surface area contributed by atoms with Gasteiger partial charge in [0.1, 0.15) is 11.9 Å². The summed E-state index contributed by atoms with van der Waals surface area (Å²) in [5.74, 6) is -1.52. The minimum Gasteiger partial charge on any atom is -0.493 e. The van der Waals surface area contributed by atoms with Gasteiger partial charge in [0.2, 0.25) is 5.95 Å². The number of hydroxylamine groups is 1. The molecule has 0 saturated heterocycles. The van der Waals surface area contributed by atoms with E-state index in [1.54, 1.807) is 24.3 Å². The molecule has 2 atom stereocenters. The fraction of sp³-hybridized carbons (Fsp3) is 0.261. The fourth-order valence-corrected chi connectivity index (χ4v) is 3.69. The van der Waals surface area contributed by atoms with Gasteiger partial charge in [0.25, 0.3) is 5.91 Å². The van der Waals surface area contributed by atoms with Crippen molar-refractivity contribution in [2.75, 3.05) is 6.61 Å². The molecule has 0 fully saturated rings. The second kappa shape index (κ2) is 9.53. The molecule has 1 aliphatic rings. The maximum Gasteiger partial charge on any atom is 0.391 e. The summed E-state index contributed by atoms with van der Waals surface area (Å²) < 4.78 is 58.9. The number of nitrogens with one attached hydrogen (secondary N) is 1. The molecular formula is C23H19F4N3O3. The van der Waals surface area contributed by atoms with Gasteiger partial charge in [-0.25, -0.2) is 10.5 Å². The van der Waals surface area contributed by atoms with Crippen LogP contribution in [0.1, 0.15) is 22.3 Å². The van der Waals surface area contributed by atoms with Crippen molar-refractivity contribution >= 4 is 5.91 Å². The summed E-state index contributed by atoms with van der Waals surface area (Å²) in [6.07, 6.45) is -2.89. The van der Waals surface area contributed by atoms with Crippen LogP contribution in [0.2, 0.25) is 0 Å². The molecule has 1 aliphatic heterocycles. The van der Waals surface area contributed by atoms with Crippen molar-refractivity contribution in [1.29, 1.82) is 0 Å². The summed E-state index contributed by atoms with van der Waals surface area (Å²) in [7, 11) is 0. The first-order valence-corrected chi connectivity index (χ1v) is 10.1. The number of benzene rings is 1. The fourth-order valence-electron chi connectivity index (χ4n) is 3.69. The van der Waals surface area contributed by atoms with E-state index in [4.69, 9.17) is 9.57 Å². The molecule has 3 aromatic rings. The summed E-state index contributed by atoms with van der Waals surface area (Å²) in [6, 6.07) is 11.0. The summed E-state index contributed by atoms with van der Waals surface area (Å²) in [4.78, 5) is 25.0. The molecule has 4 rings (SSSR count). The van der Waals surface area contributed by atoms with Crippen molar-refractivity contribution < 1.29 is 31.9 Å². The van der Waals surface area contributed by atoms with Crippen LogP contribution in [0, 0.1) is 11.9 Å². The predicted octanol–water partition coefficient (Wildman–Crippen LogP) is 4.52. The highest BCUT2D eigenvalue weighted by Gasteiger charge is 2.39. The number of ether oxygens (including phenoxy) is 1. The second-order valence-electron chi connectivity index (χ2n) is 7.58. The Morgan fingerprint density at radius 2 is 2.03 bits per heavy atom. The molecule has 0 bridgehead atoms. The summed E-state index contributed by atoms with van der Waals surface area (Å²) in [5.41, 5.74) is 4.21. The highest BCUT2D eigenvalue weighted by atomic mass is 19.4. The van der Waals surface area contributed by atoms with Crippen molar-refractivity contribution in [2.45, 2.75) is 25.1 Å². The number of hydrogen-bond acceptors (Lipinski definition) is 5. The van der Waals surface area contributed by atoms with E-state index in [0.29, 0.717) is 22.4 Å². The average Bonchev–Trinajstić information content (AvgIpc) is 2.81. The third kappa shape index (κ3) is 5.64. The third-order valence-electron chi connectivity index (χ3n) is 5.28. The van der Waals surface area contributed by atoms with Crippen LogP contribution in [0.25, 0.3) is 11.1 Å². The van der Waals surface area contributed by atoms with Crippen molar-refractivity contribution in [3.05, 3.63) is 78.1 Å². The van der Waals surface area contributed by atoms with Gasteiger partial charge in [0.15, 0.2) is 0 Å². The molecule has 10 heteroatoms. The molecule has 1 unspecified atom stereocenters. The van der Waals surface area contributed by atoms with Gasteiger partial charge in [-0.1, -0.05) is 12.1 Å². The first-order chi connectivity index (χ1) is 15.8. The normalized spacial score (nSPS) is 16.4. The van der Waals surface area contributed by atoms with Crippen LogP contribution in [-0.4, -0.2) is 34.8 Å². The Labute approximate surface area is 186 Å². The zero-order chi connectivity index (χ0) is 23.4. The Kier molecular flexibility index (Phi) is 6.55. The van der Waals surface area contributed by atoms with Gasteiger partial charge in [-0.2, -0.15) is 17.6 Å². The van der Waals surface area contributed by atoms with Gasteiger partial charge < -0.3 is 4.74 Å². The van der Waals surface area contributed by atoms with E-state index in [1.807, 2.05) is 0 Å². The number of aromatic nitrogens is 2. The van der Waals surface area contributed by atoms with Crippen LogP contribution in [-0.2, 0) is 11.3 Å². The molecule has 172 valence electrons. The van der Waals surface area contributed by atoms with Gasteiger partial charge in [-0.3, -0.25) is 14.6 Å². The standard InChI is InChI=1S/C23H19F4N3O3/c24-21-7-6-14(12-29-21)17-4-1-5-19-18(17)9-16(13-32-19)20(10-23(25,26)27)33-30-22(31)15-3-2-8-28-11-15/h1-8,11-12,16,20H,9-10,13H2,(H,30,31)/t16-,20?/m0/s1. The van der Waals surface area contributed by atoms with Gasteiger partial charge in [0, 0.05) is 35.6 Å². The topological polar surface area (TPSA) is 73.3 Å². The molecule has 1 aromatic carbocycles. The molecule has 1 amide bonds. The second-order valence-corrected chi connectivity index (χ2v) is 7.58. The molecule has 2 aromatic heterocycles. The Bertz CT molecular complexity index is 1110. The lowest BCUT2D eigenvalue weighted by Gasteiger charge is -2.32. The number of rotatable bonds is 6. The number of carbonyl (C=O) groups excluding carboxylic acids is 1. The van der Waals surface area contributed by atoms with Crippen LogP contribution in [0.5, 0.6) is 5.75 Å². The number of nitrogens with zero attached hydrogens (tertiary/aromatic N) is 2. The van der Waals surface area contributed by atoms with Crippen molar-refractivity contribution in [3.63, 3.8) is 0 Å². The Balaban J connectivity index is 1.56. The van der Waals surface area contributed by atoms with E-state index < -0.39 is 36.5 Å². The average molecular weight is 461 g/mol. The van der Waals surface area contributed by atoms with Crippen LogP contribution >= 0.6 is 0 Å². The Morgan fingerprint density at radius 1 is 1.18 bits per heavy atom. The van der Waals surface area contributed by atoms with Gasteiger partial charge >= 0.3 is 6.18 Å². The maximum atomic E-state index is 13.3. The number of amides is 1. The zero-order valence-corrected chi connectivity index (χ0v) is 17.2. The van der Waals surface area contributed by atoms with E-state index in [1.165, 1.54) is 36.8 Å². The smallest absolute Gasteiger partial charge is 0.391 e. The number of hydrogen-bond donors (Lipinski definition) is 1. The lowest BCUT2D eigenvalue weighted by atomic mass is 9.86. The van der Waals surface area contributed by atoms with Crippen molar-refractivity contribution in [2.24, 2.45) is 5.92 Å². The van der Waals surface area contributed by atoms with Gasteiger partial charge in [-0.05, 0) is 42.3 Å². The largest absolute Gasteiger partial charge is 0.493 e. The third-order valence-corrected chi connectivity index (χ3v) is 5.28. The zero-order valence-electron chi connectivity index (χ0n) is 17.2. The number of carbonyl (C=O) groups is 1. The highest BCUT2D eigenvalue weighted by Crippen LogP contribution is 2.38. The van der Waals surface area contributed by atoms with Crippen LogP contribution in [0.15, 0.2) is 61.1 Å². The Morgan fingerprint density at radius 3 is 2.73 bits per heavy atom. The van der Waals surface area contributed by atoms with Crippen molar-refractivity contribution in [1.82, 2.24) is 15.4 Å². The molecule has 1 N–H and O–H groups in total. The first kappa shape index (κ1) is 22.7. The van der Waals surface area contributed by atoms with Gasteiger partial charge in [0.05, 0.1) is 18.6 Å². The number of pyridine rings is 2. The van der Waals surface area contributed by atoms with Crippen LogP contribution < -0.4 is 10.2 Å². The van der Waals surface area contributed by atoms with Crippen LogP contribution in [0.4, 0.5) is 17.6 Å². The highest BCUT2D eigenvalue weighted by molar-refractivity contribution is 5.93.